The predicted molar refractivity (Wildman–Crippen MR) is 68.8 cm³/mol. The van der Waals surface area contributed by atoms with Gasteiger partial charge < -0.3 is 15.2 Å². The summed E-state index contributed by atoms with van der Waals surface area (Å²) in [5.74, 6) is 0.618. The Morgan fingerprint density at radius 3 is 3.06 bits per heavy atom. The van der Waals surface area contributed by atoms with Crippen LogP contribution >= 0.6 is 11.6 Å². The van der Waals surface area contributed by atoms with E-state index in [0.717, 1.165) is 23.9 Å². The molecule has 1 aliphatic heterocycles. The summed E-state index contributed by atoms with van der Waals surface area (Å²) >= 11 is 5.98. The summed E-state index contributed by atoms with van der Waals surface area (Å²) in [4.78, 5) is 8.08. The molecule has 0 radical (unpaired) electrons. The van der Waals surface area contributed by atoms with Crippen molar-refractivity contribution in [1.29, 1.82) is 0 Å². The molecule has 1 saturated heterocycles. The van der Waals surface area contributed by atoms with Gasteiger partial charge in [0.15, 0.2) is 0 Å². The van der Waals surface area contributed by atoms with E-state index in [9.17, 15) is 0 Å². The second-order valence-electron chi connectivity index (χ2n) is 4.18. The molecule has 1 aliphatic rings. The van der Waals surface area contributed by atoms with Crippen molar-refractivity contribution in [2.75, 3.05) is 18.9 Å². The summed E-state index contributed by atoms with van der Waals surface area (Å²) in [6.45, 7) is 1.33. The van der Waals surface area contributed by atoms with Gasteiger partial charge in [-0.1, -0.05) is 11.6 Å². The zero-order valence-corrected chi connectivity index (χ0v) is 10.4. The molecule has 0 spiro atoms. The number of nitrogens with zero attached hydrogens (tertiary/aromatic N) is 2. The van der Waals surface area contributed by atoms with Crippen LogP contribution < -0.4 is 10.5 Å². The monoisotopic (exact) mass is 265 g/mol. The van der Waals surface area contributed by atoms with Crippen molar-refractivity contribution < 1.29 is 9.47 Å². The van der Waals surface area contributed by atoms with Gasteiger partial charge in [0.05, 0.1) is 24.4 Å². The molecule has 2 heterocycles. The fourth-order valence-corrected chi connectivity index (χ4v) is 2.15. The molecule has 1 aromatic carbocycles. The lowest BCUT2D eigenvalue weighted by Crippen LogP contribution is -2.16. The third kappa shape index (κ3) is 2.07. The highest BCUT2D eigenvalue weighted by Crippen LogP contribution is 2.31. The Hall–Kier alpha value is -1.59. The molecule has 1 aromatic heterocycles. The second-order valence-corrected chi connectivity index (χ2v) is 4.53. The van der Waals surface area contributed by atoms with Crippen LogP contribution in [-0.2, 0) is 4.74 Å². The molecule has 94 valence electrons. The summed E-state index contributed by atoms with van der Waals surface area (Å²) in [6, 6.07) is 3.53. The smallest absolute Gasteiger partial charge is 0.144 e. The van der Waals surface area contributed by atoms with Gasteiger partial charge in [-0.15, -0.1) is 0 Å². The minimum absolute atomic E-state index is 0.0575. The molecule has 0 amide bonds. The van der Waals surface area contributed by atoms with E-state index in [0.29, 0.717) is 23.2 Å². The van der Waals surface area contributed by atoms with Crippen molar-refractivity contribution in [3.8, 4) is 5.75 Å². The molecule has 0 bridgehead atoms. The predicted octanol–water partition coefficient (Wildman–Crippen LogP) is 2.03. The first kappa shape index (κ1) is 11.5. The summed E-state index contributed by atoms with van der Waals surface area (Å²) < 4.78 is 11.1. The zero-order chi connectivity index (χ0) is 12.5. The fourth-order valence-electron chi connectivity index (χ4n) is 1.96. The van der Waals surface area contributed by atoms with Gasteiger partial charge >= 0.3 is 0 Å². The maximum absolute atomic E-state index is 5.98. The van der Waals surface area contributed by atoms with Gasteiger partial charge in [0.2, 0.25) is 0 Å². The molecular formula is C12H12ClN3O2. The topological polar surface area (TPSA) is 70.3 Å². The number of benzene rings is 1. The molecule has 5 nitrogen and oxygen atoms in total. The Morgan fingerprint density at radius 2 is 2.28 bits per heavy atom. The Balaban J connectivity index is 1.99. The fraction of sp³-hybridized carbons (Fsp3) is 0.333. The maximum Gasteiger partial charge on any atom is 0.144 e. The van der Waals surface area contributed by atoms with E-state index in [1.807, 2.05) is 0 Å². The van der Waals surface area contributed by atoms with E-state index >= 15 is 0 Å². The summed E-state index contributed by atoms with van der Waals surface area (Å²) in [5, 5.41) is 1.12. The van der Waals surface area contributed by atoms with Crippen LogP contribution in [0, 0.1) is 0 Å². The number of aromatic nitrogens is 2. The number of anilines is 1. The molecular weight excluding hydrogens is 254 g/mol. The third-order valence-corrected chi connectivity index (χ3v) is 3.20. The van der Waals surface area contributed by atoms with Gasteiger partial charge in [-0.2, -0.15) is 0 Å². The summed E-state index contributed by atoms with van der Waals surface area (Å²) in [5.41, 5.74) is 7.21. The van der Waals surface area contributed by atoms with Crippen LogP contribution in [0.2, 0.25) is 5.15 Å². The summed E-state index contributed by atoms with van der Waals surface area (Å²) in [7, 11) is 0. The van der Waals surface area contributed by atoms with E-state index in [1.54, 1.807) is 12.1 Å². The van der Waals surface area contributed by atoms with Gasteiger partial charge in [-0.3, -0.25) is 0 Å². The molecule has 2 aromatic rings. The van der Waals surface area contributed by atoms with Crippen LogP contribution in [0.15, 0.2) is 18.5 Å². The van der Waals surface area contributed by atoms with Crippen LogP contribution in [0.1, 0.15) is 6.42 Å². The lowest BCUT2D eigenvalue weighted by Gasteiger charge is -2.14. The van der Waals surface area contributed by atoms with Crippen molar-refractivity contribution in [1.82, 2.24) is 9.97 Å². The highest BCUT2D eigenvalue weighted by molar-refractivity contribution is 6.34. The number of hydrogen-bond donors (Lipinski definition) is 1. The van der Waals surface area contributed by atoms with Crippen molar-refractivity contribution in [2.24, 2.45) is 0 Å². The Labute approximate surface area is 109 Å². The van der Waals surface area contributed by atoms with Gasteiger partial charge in [-0.25, -0.2) is 9.97 Å². The third-order valence-electron chi connectivity index (χ3n) is 2.90. The number of hydrogen-bond acceptors (Lipinski definition) is 5. The Morgan fingerprint density at radius 1 is 1.39 bits per heavy atom. The quantitative estimate of drug-likeness (QED) is 0.665. The molecule has 2 N–H and O–H groups in total. The van der Waals surface area contributed by atoms with Crippen LogP contribution in [0.5, 0.6) is 5.75 Å². The molecule has 6 heteroatoms. The highest BCUT2D eigenvalue weighted by Gasteiger charge is 2.19. The lowest BCUT2D eigenvalue weighted by atomic mass is 10.2. The number of ether oxygens (including phenoxy) is 2. The minimum Gasteiger partial charge on any atom is -0.486 e. The molecule has 1 fully saturated rings. The van der Waals surface area contributed by atoms with Crippen LogP contribution in [-0.4, -0.2) is 29.3 Å². The van der Waals surface area contributed by atoms with E-state index in [1.165, 1.54) is 6.33 Å². The highest BCUT2D eigenvalue weighted by atomic mass is 35.5. The number of rotatable bonds is 2. The summed E-state index contributed by atoms with van der Waals surface area (Å²) in [6.07, 6.45) is 2.35. The molecule has 1 atom stereocenters. The van der Waals surface area contributed by atoms with Crippen LogP contribution in [0.4, 0.5) is 5.69 Å². The molecule has 3 rings (SSSR count). The van der Waals surface area contributed by atoms with Crippen molar-refractivity contribution in [3.63, 3.8) is 0 Å². The number of nitrogens with two attached hydrogens (primary N) is 1. The molecule has 0 unspecified atom stereocenters. The molecule has 0 saturated carbocycles. The average Bonchev–Trinajstić information content (AvgIpc) is 2.84. The first-order valence-electron chi connectivity index (χ1n) is 5.68. The number of nitrogen functional groups attached to an aromatic ring is 1. The first-order valence-corrected chi connectivity index (χ1v) is 6.06. The normalized spacial score (nSPS) is 19.3. The standard InChI is InChI=1S/C12H12ClN3O2/c13-12-8-3-9(14)11(4-10(8)15-6-16-12)18-7-1-2-17-5-7/h3-4,6-7H,1-2,5,14H2/t7-/m0/s1. The SMILES string of the molecule is Nc1cc2c(Cl)ncnc2cc1O[C@H]1CCOC1. The Kier molecular flexibility index (Phi) is 2.93. The lowest BCUT2D eigenvalue weighted by molar-refractivity contribution is 0.142. The van der Waals surface area contributed by atoms with E-state index in [-0.39, 0.29) is 6.10 Å². The van der Waals surface area contributed by atoms with Gasteiger partial charge in [0.25, 0.3) is 0 Å². The van der Waals surface area contributed by atoms with E-state index < -0.39 is 0 Å². The number of halogens is 1. The minimum atomic E-state index is 0.0575. The average molecular weight is 266 g/mol. The van der Waals surface area contributed by atoms with Crippen LogP contribution in [0.3, 0.4) is 0 Å². The zero-order valence-electron chi connectivity index (χ0n) is 9.60. The van der Waals surface area contributed by atoms with Gasteiger partial charge in [-0.05, 0) is 6.07 Å². The largest absolute Gasteiger partial charge is 0.486 e. The second kappa shape index (κ2) is 4.59. The van der Waals surface area contributed by atoms with Crippen molar-refractivity contribution in [3.05, 3.63) is 23.6 Å². The maximum atomic E-state index is 5.98. The van der Waals surface area contributed by atoms with Gasteiger partial charge in [0.1, 0.15) is 23.3 Å². The molecule has 18 heavy (non-hydrogen) atoms. The van der Waals surface area contributed by atoms with Crippen LogP contribution in [0.25, 0.3) is 10.9 Å². The molecule has 0 aliphatic carbocycles. The number of fused-ring (bicyclic) bond motifs is 1. The van der Waals surface area contributed by atoms with Gasteiger partial charge in [0, 0.05) is 17.9 Å². The first-order chi connectivity index (χ1) is 8.74. The van der Waals surface area contributed by atoms with E-state index in [4.69, 9.17) is 26.8 Å². The van der Waals surface area contributed by atoms with Crippen molar-refractivity contribution in [2.45, 2.75) is 12.5 Å². The van der Waals surface area contributed by atoms with E-state index in [2.05, 4.69) is 9.97 Å². The van der Waals surface area contributed by atoms with Crippen molar-refractivity contribution >= 4 is 28.2 Å². The Bertz CT molecular complexity index is 585.